The predicted molar refractivity (Wildman–Crippen MR) is 189 cm³/mol. The summed E-state index contributed by atoms with van der Waals surface area (Å²) >= 11 is 14.8. The second kappa shape index (κ2) is 13.8. The number of allylic oxidation sites excluding steroid dienone is 1. The normalized spacial score (nSPS) is 14.5. The number of anilines is 1. The van der Waals surface area contributed by atoms with Crippen LogP contribution in [0.2, 0.25) is 5.02 Å². The summed E-state index contributed by atoms with van der Waals surface area (Å²) in [6, 6.07) is 27.1. The number of benzene rings is 4. The number of rotatable bonds is 8. The van der Waals surface area contributed by atoms with Gasteiger partial charge in [0.2, 0.25) is 0 Å². The second-order valence-electron chi connectivity index (χ2n) is 10.4. The van der Waals surface area contributed by atoms with E-state index >= 15 is 0 Å². The third-order valence-corrected chi connectivity index (χ3v) is 9.89. The minimum Gasteiger partial charge on any atom is -0.497 e. The molecule has 0 aliphatic carbocycles. The van der Waals surface area contributed by atoms with Crippen LogP contribution in [0.3, 0.4) is 0 Å². The Labute approximate surface area is 290 Å². The lowest BCUT2D eigenvalue weighted by molar-refractivity contribution is -0.113. The van der Waals surface area contributed by atoms with Crippen LogP contribution >= 0.6 is 54.8 Å². The molecule has 5 aromatic rings. The molecule has 4 aromatic carbocycles. The van der Waals surface area contributed by atoms with Crippen molar-refractivity contribution in [2.24, 2.45) is 4.99 Å². The van der Waals surface area contributed by atoms with Crippen LogP contribution in [-0.4, -0.2) is 17.6 Å². The number of ether oxygens (including phenoxy) is 2. The number of nitrogens with zero attached hydrogens (tertiary/aromatic N) is 2. The zero-order valence-corrected chi connectivity index (χ0v) is 29.3. The summed E-state index contributed by atoms with van der Waals surface area (Å²) in [7, 11) is 1.58. The van der Waals surface area contributed by atoms with Gasteiger partial charge in [0.25, 0.3) is 11.5 Å². The van der Waals surface area contributed by atoms with Gasteiger partial charge in [0, 0.05) is 16.3 Å². The van der Waals surface area contributed by atoms with Crippen LogP contribution in [0.5, 0.6) is 11.5 Å². The van der Waals surface area contributed by atoms with Crippen molar-refractivity contribution in [1.82, 2.24) is 4.57 Å². The molecule has 7 nitrogen and oxygen atoms in total. The van der Waals surface area contributed by atoms with Crippen LogP contribution in [0.1, 0.15) is 29.7 Å². The van der Waals surface area contributed by atoms with Crippen LogP contribution in [0.25, 0.3) is 6.08 Å². The fourth-order valence-corrected chi connectivity index (χ4v) is 7.86. The molecule has 1 amide bonds. The quantitative estimate of drug-likeness (QED) is 0.176. The first-order valence-electron chi connectivity index (χ1n) is 14.1. The summed E-state index contributed by atoms with van der Waals surface area (Å²) in [6.07, 6.45) is 1.81. The van der Waals surface area contributed by atoms with Gasteiger partial charge >= 0.3 is 0 Å². The van der Waals surface area contributed by atoms with E-state index in [0.717, 1.165) is 16.7 Å². The van der Waals surface area contributed by atoms with Gasteiger partial charge in [0.1, 0.15) is 18.1 Å². The summed E-state index contributed by atoms with van der Waals surface area (Å²) in [5, 5.41) is 3.60. The number of para-hydroxylation sites is 1. The van der Waals surface area contributed by atoms with Crippen molar-refractivity contribution < 1.29 is 14.3 Å². The summed E-state index contributed by atoms with van der Waals surface area (Å²) in [6.45, 7) is 2.08. The minimum absolute atomic E-state index is 0.264. The number of fused-ring (bicyclic) bond motifs is 1. The lowest BCUT2D eigenvalue weighted by Gasteiger charge is -2.25. The molecule has 0 unspecified atom stereocenters. The van der Waals surface area contributed by atoms with Gasteiger partial charge < -0.3 is 14.8 Å². The molecule has 232 valence electrons. The Hall–Kier alpha value is -3.96. The third-order valence-electron chi connectivity index (χ3n) is 7.36. The van der Waals surface area contributed by atoms with E-state index in [-0.39, 0.29) is 11.5 Å². The molecular weight excluding hydrogens is 754 g/mol. The Morgan fingerprint density at radius 2 is 1.74 bits per heavy atom. The fourth-order valence-electron chi connectivity index (χ4n) is 5.18. The van der Waals surface area contributed by atoms with Crippen LogP contribution in [0.4, 0.5) is 5.69 Å². The summed E-state index contributed by atoms with van der Waals surface area (Å²) in [5.41, 5.74) is 3.65. The fraction of sp³-hybridized carbons (Fsp3) is 0.114. The number of thiazole rings is 1. The van der Waals surface area contributed by atoms with Crippen LogP contribution in [0.15, 0.2) is 121 Å². The Balaban J connectivity index is 1.40. The monoisotopic (exact) mass is 777 g/mol. The molecule has 2 heterocycles. The van der Waals surface area contributed by atoms with Gasteiger partial charge in [0.05, 0.1) is 37.9 Å². The summed E-state index contributed by atoms with van der Waals surface area (Å²) in [5.74, 6) is 0.889. The number of halogens is 3. The number of nitrogens with one attached hydrogen (secondary N) is 1. The van der Waals surface area contributed by atoms with Crippen molar-refractivity contribution in [2.45, 2.75) is 19.6 Å². The van der Waals surface area contributed by atoms with Crippen LogP contribution in [-0.2, 0) is 11.4 Å². The highest BCUT2D eigenvalue weighted by molar-refractivity contribution is 9.11. The van der Waals surface area contributed by atoms with E-state index in [4.69, 9.17) is 26.1 Å². The number of amides is 1. The number of hydrogen-bond acceptors (Lipinski definition) is 6. The zero-order valence-electron chi connectivity index (χ0n) is 24.6. The Kier molecular flexibility index (Phi) is 9.60. The van der Waals surface area contributed by atoms with Crippen molar-refractivity contribution in [3.63, 3.8) is 0 Å². The average Bonchev–Trinajstić information content (AvgIpc) is 3.34. The topological polar surface area (TPSA) is 81.9 Å². The molecule has 1 N–H and O–H groups in total. The Bertz CT molecular complexity index is 2160. The van der Waals surface area contributed by atoms with E-state index in [1.54, 1.807) is 18.6 Å². The molecule has 1 atom stereocenters. The molecule has 1 aromatic heterocycles. The second-order valence-corrected chi connectivity index (χ2v) is 13.5. The van der Waals surface area contributed by atoms with Gasteiger partial charge in [-0.3, -0.25) is 14.2 Å². The maximum absolute atomic E-state index is 14.2. The number of carbonyl (C=O) groups excluding carboxylic acids is 1. The number of methoxy groups -OCH3 is 1. The molecular formula is C35H26Br2ClN3O4S. The SMILES string of the molecule is COc1cccc([C@@H]2C(C(=O)Nc3ccccc3)=C(C)N=c3s/c(=C\c4cc(Br)c(OCc5ccccc5Cl)c(Br)c4)c(=O)n32)c1. The first-order valence-corrected chi connectivity index (χ1v) is 16.9. The highest BCUT2D eigenvalue weighted by Crippen LogP contribution is 2.36. The van der Waals surface area contributed by atoms with Gasteiger partial charge in [-0.15, -0.1) is 0 Å². The van der Waals surface area contributed by atoms with Crippen LogP contribution < -0.4 is 29.7 Å². The van der Waals surface area contributed by atoms with Crippen molar-refractivity contribution in [1.29, 1.82) is 0 Å². The van der Waals surface area contributed by atoms with Crippen molar-refractivity contribution >= 4 is 72.5 Å². The van der Waals surface area contributed by atoms with Crippen LogP contribution in [0, 0.1) is 0 Å². The summed E-state index contributed by atoms with van der Waals surface area (Å²) in [4.78, 5) is 33.2. The number of aromatic nitrogens is 1. The molecule has 0 saturated carbocycles. The largest absolute Gasteiger partial charge is 0.497 e. The predicted octanol–water partition coefficient (Wildman–Crippen LogP) is 7.64. The minimum atomic E-state index is -0.726. The average molecular weight is 780 g/mol. The van der Waals surface area contributed by atoms with E-state index < -0.39 is 6.04 Å². The first-order chi connectivity index (χ1) is 22.2. The highest BCUT2D eigenvalue weighted by Gasteiger charge is 2.32. The maximum atomic E-state index is 14.2. The van der Waals surface area contributed by atoms with Gasteiger partial charge in [-0.1, -0.05) is 71.5 Å². The molecule has 0 fully saturated rings. The lowest BCUT2D eigenvalue weighted by atomic mass is 9.95. The van der Waals surface area contributed by atoms with Crippen molar-refractivity contribution in [2.75, 3.05) is 12.4 Å². The molecule has 0 spiro atoms. The molecule has 0 bridgehead atoms. The maximum Gasteiger partial charge on any atom is 0.271 e. The molecule has 0 saturated heterocycles. The van der Waals surface area contributed by atoms with Gasteiger partial charge in [0.15, 0.2) is 4.80 Å². The van der Waals surface area contributed by atoms with E-state index in [2.05, 4.69) is 37.2 Å². The third kappa shape index (κ3) is 6.62. The molecule has 46 heavy (non-hydrogen) atoms. The van der Waals surface area contributed by atoms with Gasteiger partial charge in [-0.2, -0.15) is 0 Å². The lowest BCUT2D eigenvalue weighted by Crippen LogP contribution is -2.40. The summed E-state index contributed by atoms with van der Waals surface area (Å²) < 4.78 is 15.0. The van der Waals surface area contributed by atoms with Crippen molar-refractivity contribution in [3.8, 4) is 11.5 Å². The van der Waals surface area contributed by atoms with E-state index in [1.165, 1.54) is 11.3 Å². The van der Waals surface area contributed by atoms with E-state index in [0.29, 0.717) is 58.4 Å². The molecule has 1 aliphatic heterocycles. The number of carbonyl (C=O) groups is 1. The highest BCUT2D eigenvalue weighted by atomic mass is 79.9. The first kappa shape index (κ1) is 32.0. The smallest absolute Gasteiger partial charge is 0.271 e. The molecule has 0 radical (unpaired) electrons. The number of hydrogen-bond donors (Lipinski definition) is 1. The van der Waals surface area contributed by atoms with Crippen molar-refractivity contribution in [3.05, 3.63) is 153 Å². The standard InChI is InChI=1S/C35H26Br2ClN3O4S/c1-20-30(33(42)40-24-11-4-3-5-12-24)31(22-10-8-13-25(18-22)44-2)41-34(43)29(46-35(41)39-20)17-21-15-26(36)32(27(37)16-21)45-19-23-9-6-7-14-28(23)38/h3-18,31H,19H2,1-2H3,(H,40,42)/b29-17-/t31-/m1/s1. The Morgan fingerprint density at radius 3 is 2.46 bits per heavy atom. The van der Waals surface area contributed by atoms with E-state index in [1.807, 2.05) is 97.1 Å². The Morgan fingerprint density at radius 1 is 1.02 bits per heavy atom. The van der Waals surface area contributed by atoms with Gasteiger partial charge in [-0.25, -0.2) is 4.99 Å². The van der Waals surface area contributed by atoms with E-state index in [9.17, 15) is 9.59 Å². The zero-order chi connectivity index (χ0) is 32.4. The molecule has 1 aliphatic rings. The molecule has 11 heteroatoms. The van der Waals surface area contributed by atoms with Gasteiger partial charge in [-0.05, 0) is 98.5 Å². The molecule has 6 rings (SSSR count).